The average molecular weight is 414 g/mol. The molecule has 0 bridgehead atoms. The van der Waals surface area contributed by atoms with E-state index >= 15 is 0 Å². The molecule has 0 aliphatic carbocycles. The van der Waals surface area contributed by atoms with Gasteiger partial charge in [0.05, 0.1) is 13.2 Å². The first kappa shape index (κ1) is 25.2. The van der Waals surface area contributed by atoms with Crippen molar-refractivity contribution in [1.82, 2.24) is 10.2 Å². The maximum atomic E-state index is 12.3. The summed E-state index contributed by atoms with van der Waals surface area (Å²) in [5.41, 5.74) is 8.18. The topological polar surface area (TPSA) is 67.6 Å². The summed E-state index contributed by atoms with van der Waals surface area (Å²) < 4.78 is 5.29. The van der Waals surface area contributed by atoms with E-state index in [0.29, 0.717) is 6.54 Å². The third-order valence-electron chi connectivity index (χ3n) is 4.23. The van der Waals surface area contributed by atoms with Gasteiger partial charge in [-0.2, -0.15) is 0 Å². The minimum Gasteiger partial charge on any atom is -0.497 e. The first-order chi connectivity index (χ1) is 12.0. The summed E-state index contributed by atoms with van der Waals surface area (Å²) >= 11 is 0. The van der Waals surface area contributed by atoms with Crippen molar-refractivity contribution < 1.29 is 9.53 Å². The maximum absolute atomic E-state index is 12.3. The lowest BCUT2D eigenvalue weighted by Gasteiger charge is -2.25. The monoisotopic (exact) mass is 413 g/mol. The molecule has 0 spiro atoms. The molecule has 0 fully saturated rings. The Balaban J connectivity index is 0.00000338. The van der Waals surface area contributed by atoms with Gasteiger partial charge in [0.2, 0.25) is 5.91 Å². The Bertz CT molecular complexity index is 684. The quantitative estimate of drug-likeness (QED) is 0.695. The van der Waals surface area contributed by atoms with Crippen LogP contribution >= 0.6 is 24.8 Å². The van der Waals surface area contributed by atoms with Gasteiger partial charge in [-0.1, -0.05) is 42.5 Å². The van der Waals surface area contributed by atoms with Crippen molar-refractivity contribution in [1.29, 1.82) is 0 Å². The van der Waals surface area contributed by atoms with E-state index in [1.165, 1.54) is 0 Å². The smallest absolute Gasteiger partial charge is 0.221 e. The van der Waals surface area contributed by atoms with Crippen molar-refractivity contribution in [2.45, 2.75) is 18.5 Å². The molecule has 0 aliphatic heterocycles. The summed E-state index contributed by atoms with van der Waals surface area (Å²) in [6, 6.07) is 17.3. The van der Waals surface area contributed by atoms with Gasteiger partial charge in [-0.15, -0.1) is 24.8 Å². The van der Waals surface area contributed by atoms with Crippen molar-refractivity contribution in [3.63, 3.8) is 0 Å². The van der Waals surface area contributed by atoms with Crippen LogP contribution in [-0.2, 0) is 4.79 Å². The van der Waals surface area contributed by atoms with Crippen molar-refractivity contribution in [2.24, 2.45) is 5.73 Å². The second-order valence-electron chi connectivity index (χ2n) is 6.28. The molecule has 1 amide bonds. The molecule has 2 unspecified atom stereocenters. The number of hydrogen-bond donors (Lipinski definition) is 2. The summed E-state index contributed by atoms with van der Waals surface area (Å²) in [6.45, 7) is 0.514. The predicted molar refractivity (Wildman–Crippen MR) is 115 cm³/mol. The summed E-state index contributed by atoms with van der Waals surface area (Å²) in [6.07, 6.45) is 0.266. The Kier molecular flexibility index (Phi) is 11.7. The molecule has 2 aromatic rings. The van der Waals surface area contributed by atoms with Crippen LogP contribution in [0.3, 0.4) is 0 Å². The number of methoxy groups -OCH3 is 1. The molecule has 150 valence electrons. The third kappa shape index (κ3) is 7.77. The lowest BCUT2D eigenvalue weighted by molar-refractivity contribution is -0.121. The lowest BCUT2D eigenvalue weighted by Crippen LogP contribution is -2.35. The maximum Gasteiger partial charge on any atom is 0.221 e. The van der Waals surface area contributed by atoms with Crippen molar-refractivity contribution >= 4 is 30.7 Å². The van der Waals surface area contributed by atoms with Crippen molar-refractivity contribution in [2.75, 3.05) is 27.7 Å². The highest BCUT2D eigenvalue weighted by Gasteiger charge is 2.17. The Hall–Kier alpha value is -1.79. The molecule has 0 saturated heterocycles. The van der Waals surface area contributed by atoms with E-state index in [9.17, 15) is 4.79 Å². The van der Waals surface area contributed by atoms with Crippen LogP contribution in [0.4, 0.5) is 0 Å². The molecule has 3 N–H and O–H groups in total. The summed E-state index contributed by atoms with van der Waals surface area (Å²) in [5.74, 6) is 0.757. The number of ether oxygens (including phenoxy) is 1. The van der Waals surface area contributed by atoms with Crippen LogP contribution in [0.1, 0.15) is 29.6 Å². The zero-order valence-corrected chi connectivity index (χ0v) is 17.6. The molecule has 0 aliphatic rings. The Morgan fingerprint density at radius 1 is 1.07 bits per heavy atom. The highest BCUT2D eigenvalue weighted by atomic mass is 35.5. The highest BCUT2D eigenvalue weighted by Crippen LogP contribution is 2.22. The van der Waals surface area contributed by atoms with E-state index in [1.807, 2.05) is 68.7 Å². The molecule has 0 aromatic heterocycles. The minimum atomic E-state index is -0.296. The predicted octanol–water partition coefficient (Wildman–Crippen LogP) is 3.35. The number of amides is 1. The average Bonchev–Trinajstić information content (AvgIpc) is 2.62. The van der Waals surface area contributed by atoms with Crippen LogP contribution in [0.25, 0.3) is 0 Å². The number of halogens is 2. The lowest BCUT2D eigenvalue weighted by atomic mass is 10.0. The second-order valence-corrected chi connectivity index (χ2v) is 6.28. The van der Waals surface area contributed by atoms with Crippen molar-refractivity contribution in [3.8, 4) is 5.75 Å². The normalized spacial score (nSPS) is 12.3. The van der Waals surface area contributed by atoms with Gasteiger partial charge < -0.3 is 20.7 Å². The first-order valence-electron chi connectivity index (χ1n) is 8.39. The van der Waals surface area contributed by atoms with Gasteiger partial charge in [0.25, 0.3) is 0 Å². The fraction of sp³-hybridized carbons (Fsp3) is 0.350. The third-order valence-corrected chi connectivity index (χ3v) is 4.23. The Morgan fingerprint density at radius 3 is 2.30 bits per heavy atom. The Labute approximate surface area is 174 Å². The highest BCUT2D eigenvalue weighted by molar-refractivity contribution is 5.85. The van der Waals surface area contributed by atoms with E-state index in [0.717, 1.165) is 16.9 Å². The van der Waals surface area contributed by atoms with Gasteiger partial charge >= 0.3 is 0 Å². The number of hydrogen-bond acceptors (Lipinski definition) is 4. The number of nitrogens with zero attached hydrogens (tertiary/aromatic N) is 1. The van der Waals surface area contributed by atoms with Gasteiger partial charge in [0, 0.05) is 19.0 Å². The van der Waals surface area contributed by atoms with Crippen LogP contribution < -0.4 is 15.8 Å². The molecule has 0 heterocycles. The van der Waals surface area contributed by atoms with Gasteiger partial charge in [-0.05, 0) is 37.4 Å². The standard InChI is InChI=1S/C20H27N3O2.2ClH/c1-23(2)19(16-10-7-11-17(12-16)25-3)14-22-20(24)13-18(21)15-8-5-4-6-9-15;;/h4-12,18-19H,13-14,21H2,1-3H3,(H,22,24);2*1H. The van der Waals surface area contributed by atoms with Gasteiger partial charge in [0.1, 0.15) is 5.75 Å². The Morgan fingerprint density at radius 2 is 1.70 bits per heavy atom. The van der Waals surface area contributed by atoms with E-state index < -0.39 is 0 Å². The number of carbonyl (C=O) groups is 1. The molecule has 5 nitrogen and oxygen atoms in total. The van der Waals surface area contributed by atoms with Crippen LogP contribution in [0.2, 0.25) is 0 Å². The molecule has 0 saturated carbocycles. The number of nitrogens with two attached hydrogens (primary N) is 1. The molecule has 7 heteroatoms. The largest absolute Gasteiger partial charge is 0.497 e. The zero-order valence-electron chi connectivity index (χ0n) is 15.9. The van der Waals surface area contributed by atoms with E-state index in [1.54, 1.807) is 7.11 Å². The number of nitrogens with one attached hydrogen (secondary N) is 1. The van der Waals surface area contributed by atoms with Crippen LogP contribution in [0.5, 0.6) is 5.75 Å². The summed E-state index contributed by atoms with van der Waals surface area (Å²) in [4.78, 5) is 14.3. The molecule has 2 aromatic carbocycles. The molecule has 0 radical (unpaired) electrons. The van der Waals surface area contributed by atoms with E-state index in [2.05, 4.69) is 10.2 Å². The molecule has 2 atom stereocenters. The van der Waals surface area contributed by atoms with E-state index in [-0.39, 0.29) is 49.2 Å². The minimum absolute atomic E-state index is 0. The number of benzene rings is 2. The fourth-order valence-corrected chi connectivity index (χ4v) is 2.75. The number of rotatable bonds is 8. The number of carbonyl (C=O) groups excluding carboxylic acids is 1. The summed E-state index contributed by atoms with van der Waals surface area (Å²) in [7, 11) is 5.63. The van der Waals surface area contributed by atoms with E-state index in [4.69, 9.17) is 10.5 Å². The molecule has 27 heavy (non-hydrogen) atoms. The van der Waals surface area contributed by atoms with Crippen LogP contribution in [0.15, 0.2) is 54.6 Å². The van der Waals surface area contributed by atoms with Gasteiger partial charge in [-0.3, -0.25) is 4.79 Å². The molecule has 2 rings (SSSR count). The van der Waals surface area contributed by atoms with Gasteiger partial charge in [-0.25, -0.2) is 0 Å². The summed E-state index contributed by atoms with van der Waals surface area (Å²) in [5, 5.41) is 3.00. The first-order valence-corrected chi connectivity index (χ1v) is 8.39. The van der Waals surface area contributed by atoms with Crippen molar-refractivity contribution in [3.05, 3.63) is 65.7 Å². The zero-order chi connectivity index (χ0) is 18.2. The molecular weight excluding hydrogens is 385 g/mol. The van der Waals surface area contributed by atoms with Gasteiger partial charge in [0.15, 0.2) is 0 Å². The second kappa shape index (κ2) is 12.6. The van der Waals surface area contributed by atoms with Crippen LogP contribution in [0, 0.1) is 0 Å². The number of likely N-dealkylation sites (N-methyl/N-ethyl adjacent to an activating group) is 1. The van der Waals surface area contributed by atoms with Crippen LogP contribution in [-0.4, -0.2) is 38.6 Å². The SMILES string of the molecule is COc1cccc(C(CNC(=O)CC(N)c2ccccc2)N(C)C)c1.Cl.Cl. The fourth-order valence-electron chi connectivity index (χ4n) is 2.75. The molecular formula is C20H29Cl2N3O2.